The summed E-state index contributed by atoms with van der Waals surface area (Å²) in [6.45, 7) is 4.47. The Hall–Kier alpha value is -1.92. The highest BCUT2D eigenvalue weighted by Crippen LogP contribution is 2.23. The minimum Gasteiger partial charge on any atom is -0.380 e. The largest absolute Gasteiger partial charge is 0.380 e. The van der Waals surface area contributed by atoms with Crippen LogP contribution in [-0.4, -0.2) is 41.7 Å². The summed E-state index contributed by atoms with van der Waals surface area (Å²) >= 11 is 1.60. The molecule has 2 aromatic rings. The van der Waals surface area contributed by atoms with E-state index in [1.807, 2.05) is 40.6 Å². The van der Waals surface area contributed by atoms with Gasteiger partial charge in [-0.3, -0.25) is 0 Å². The number of thiazole rings is 1. The van der Waals surface area contributed by atoms with Gasteiger partial charge in [-0.05, 0) is 13.3 Å². The van der Waals surface area contributed by atoms with Crippen molar-refractivity contribution in [2.75, 3.05) is 19.8 Å². The highest BCUT2D eigenvalue weighted by atomic mass is 32.1. The number of aromatic nitrogens is 1. The molecule has 2 amide bonds. The van der Waals surface area contributed by atoms with Crippen LogP contribution in [-0.2, 0) is 11.3 Å². The first-order valence-electron chi connectivity index (χ1n) is 7.86. The fourth-order valence-corrected chi connectivity index (χ4v) is 3.39. The Bertz CT molecular complexity index is 644. The molecule has 0 aliphatic carbocycles. The van der Waals surface area contributed by atoms with Crippen LogP contribution in [0.25, 0.3) is 10.6 Å². The van der Waals surface area contributed by atoms with E-state index in [4.69, 9.17) is 4.74 Å². The van der Waals surface area contributed by atoms with Gasteiger partial charge in [0.05, 0.1) is 18.8 Å². The van der Waals surface area contributed by atoms with Gasteiger partial charge in [0.15, 0.2) is 0 Å². The molecule has 1 N–H and O–H groups in total. The van der Waals surface area contributed by atoms with Crippen LogP contribution in [0.4, 0.5) is 4.79 Å². The van der Waals surface area contributed by atoms with Crippen molar-refractivity contribution in [1.82, 2.24) is 15.2 Å². The van der Waals surface area contributed by atoms with E-state index in [1.165, 1.54) is 0 Å². The van der Waals surface area contributed by atoms with Gasteiger partial charge in [0.2, 0.25) is 0 Å². The predicted octanol–water partition coefficient (Wildman–Crippen LogP) is 3.13. The van der Waals surface area contributed by atoms with E-state index in [0.29, 0.717) is 19.7 Å². The number of nitrogens with zero attached hydrogens (tertiary/aromatic N) is 2. The molecule has 1 atom stereocenters. The highest BCUT2D eigenvalue weighted by molar-refractivity contribution is 7.13. The number of benzene rings is 1. The molecular formula is C17H21N3O2S. The third kappa shape index (κ3) is 4.09. The smallest absolute Gasteiger partial charge is 0.318 e. The zero-order chi connectivity index (χ0) is 16.1. The Morgan fingerprint density at radius 2 is 2.22 bits per heavy atom. The summed E-state index contributed by atoms with van der Waals surface area (Å²) < 4.78 is 5.43. The van der Waals surface area contributed by atoms with E-state index in [1.54, 1.807) is 11.3 Å². The Morgan fingerprint density at radius 1 is 1.39 bits per heavy atom. The molecule has 1 saturated heterocycles. The van der Waals surface area contributed by atoms with Crippen molar-refractivity contribution >= 4 is 17.4 Å². The van der Waals surface area contributed by atoms with Crippen LogP contribution >= 0.6 is 11.3 Å². The first-order valence-corrected chi connectivity index (χ1v) is 8.74. The summed E-state index contributed by atoms with van der Waals surface area (Å²) in [5, 5.41) is 5.94. The molecule has 1 aliphatic heterocycles. The second kappa shape index (κ2) is 7.57. The molecule has 6 heteroatoms. The van der Waals surface area contributed by atoms with Gasteiger partial charge in [0.1, 0.15) is 5.01 Å². The van der Waals surface area contributed by atoms with Crippen LogP contribution in [0.15, 0.2) is 35.7 Å². The minimum atomic E-state index is -0.0442. The zero-order valence-electron chi connectivity index (χ0n) is 13.2. The number of hydrogen-bond donors (Lipinski definition) is 1. The van der Waals surface area contributed by atoms with Crippen molar-refractivity contribution in [3.8, 4) is 10.6 Å². The zero-order valence-corrected chi connectivity index (χ0v) is 14.0. The molecule has 1 aromatic carbocycles. The number of hydrogen-bond acceptors (Lipinski definition) is 4. The molecule has 23 heavy (non-hydrogen) atoms. The van der Waals surface area contributed by atoms with E-state index in [-0.39, 0.29) is 12.1 Å². The van der Waals surface area contributed by atoms with E-state index in [9.17, 15) is 4.79 Å². The molecule has 122 valence electrons. The predicted molar refractivity (Wildman–Crippen MR) is 91.4 cm³/mol. The molecule has 0 bridgehead atoms. The lowest BCUT2D eigenvalue weighted by atomic mass is 10.2. The SMILES string of the molecule is C[C@H]1CCOCCN1C(=O)NCc1csc(-c2ccccc2)n1. The third-order valence-electron chi connectivity index (χ3n) is 3.94. The second-order valence-corrected chi connectivity index (χ2v) is 6.47. The Kier molecular flexibility index (Phi) is 5.25. The van der Waals surface area contributed by atoms with Gasteiger partial charge in [-0.1, -0.05) is 30.3 Å². The van der Waals surface area contributed by atoms with E-state index in [2.05, 4.69) is 17.2 Å². The van der Waals surface area contributed by atoms with Crippen molar-refractivity contribution in [3.05, 3.63) is 41.4 Å². The van der Waals surface area contributed by atoms with Crippen LogP contribution in [0.1, 0.15) is 19.0 Å². The van der Waals surface area contributed by atoms with Crippen LogP contribution in [0.5, 0.6) is 0 Å². The molecule has 0 unspecified atom stereocenters. The van der Waals surface area contributed by atoms with Gasteiger partial charge in [-0.25, -0.2) is 9.78 Å². The summed E-state index contributed by atoms with van der Waals surface area (Å²) in [5.41, 5.74) is 1.99. The monoisotopic (exact) mass is 331 g/mol. The summed E-state index contributed by atoms with van der Waals surface area (Å²) in [6, 6.07) is 10.2. The molecule has 3 rings (SSSR count). The number of carbonyl (C=O) groups is 1. The normalized spacial score (nSPS) is 18.5. The van der Waals surface area contributed by atoms with Crippen molar-refractivity contribution in [1.29, 1.82) is 0 Å². The third-order valence-corrected chi connectivity index (χ3v) is 4.88. The highest BCUT2D eigenvalue weighted by Gasteiger charge is 2.22. The first-order chi connectivity index (χ1) is 11.2. The van der Waals surface area contributed by atoms with Gasteiger partial charge in [0.25, 0.3) is 0 Å². The molecule has 5 nitrogen and oxygen atoms in total. The van der Waals surface area contributed by atoms with Gasteiger partial charge in [-0.15, -0.1) is 11.3 Å². The van der Waals surface area contributed by atoms with Crippen molar-refractivity contribution in [2.24, 2.45) is 0 Å². The van der Waals surface area contributed by atoms with E-state index in [0.717, 1.165) is 29.3 Å². The number of urea groups is 1. The lowest BCUT2D eigenvalue weighted by Gasteiger charge is -2.26. The first kappa shape index (κ1) is 16.0. The minimum absolute atomic E-state index is 0.0442. The number of ether oxygens (including phenoxy) is 1. The van der Waals surface area contributed by atoms with Crippen LogP contribution in [0.2, 0.25) is 0 Å². The fourth-order valence-electron chi connectivity index (χ4n) is 2.57. The van der Waals surface area contributed by atoms with E-state index < -0.39 is 0 Å². The summed E-state index contributed by atoms with van der Waals surface area (Å²) in [7, 11) is 0. The van der Waals surface area contributed by atoms with Gasteiger partial charge < -0.3 is 15.0 Å². The second-order valence-electron chi connectivity index (χ2n) is 5.61. The standard InChI is InChI=1S/C17H21N3O2S/c1-13-7-9-22-10-8-20(13)17(21)18-11-15-12-23-16(19-15)14-5-3-2-4-6-14/h2-6,12-13H,7-11H2,1H3,(H,18,21)/t13-/m0/s1. The Morgan fingerprint density at radius 3 is 3.04 bits per heavy atom. The number of amides is 2. The molecule has 1 aliphatic rings. The lowest BCUT2D eigenvalue weighted by molar-refractivity contribution is 0.142. The van der Waals surface area contributed by atoms with Crippen LogP contribution in [0, 0.1) is 0 Å². The maximum absolute atomic E-state index is 12.3. The fraction of sp³-hybridized carbons (Fsp3) is 0.412. The van der Waals surface area contributed by atoms with Crippen molar-refractivity contribution in [2.45, 2.75) is 25.9 Å². The molecule has 2 heterocycles. The van der Waals surface area contributed by atoms with Crippen LogP contribution < -0.4 is 5.32 Å². The molecule has 1 fully saturated rings. The van der Waals surface area contributed by atoms with E-state index >= 15 is 0 Å². The van der Waals surface area contributed by atoms with Crippen molar-refractivity contribution in [3.63, 3.8) is 0 Å². The lowest BCUT2D eigenvalue weighted by Crippen LogP contribution is -2.45. The van der Waals surface area contributed by atoms with Crippen molar-refractivity contribution < 1.29 is 9.53 Å². The number of nitrogens with one attached hydrogen (secondary N) is 1. The van der Waals surface area contributed by atoms with Gasteiger partial charge in [-0.2, -0.15) is 0 Å². The summed E-state index contributed by atoms with van der Waals surface area (Å²) in [6.07, 6.45) is 0.877. The average Bonchev–Trinajstić information content (AvgIpc) is 2.95. The molecule has 0 saturated carbocycles. The maximum Gasteiger partial charge on any atom is 0.318 e. The maximum atomic E-state index is 12.3. The molecule has 1 aromatic heterocycles. The molecule has 0 spiro atoms. The Labute approximate surface area is 140 Å². The topological polar surface area (TPSA) is 54.5 Å². The van der Waals surface area contributed by atoms with Gasteiger partial charge >= 0.3 is 6.03 Å². The van der Waals surface area contributed by atoms with Crippen LogP contribution in [0.3, 0.4) is 0 Å². The average molecular weight is 331 g/mol. The quantitative estimate of drug-likeness (QED) is 0.940. The molecule has 0 radical (unpaired) electrons. The van der Waals surface area contributed by atoms with Gasteiger partial charge in [0, 0.05) is 30.1 Å². The molecular weight excluding hydrogens is 310 g/mol. The Balaban J connectivity index is 1.58. The summed E-state index contributed by atoms with van der Waals surface area (Å²) in [5.74, 6) is 0. The number of carbonyl (C=O) groups excluding carboxylic acids is 1. The summed E-state index contributed by atoms with van der Waals surface area (Å²) in [4.78, 5) is 18.8. The number of rotatable bonds is 3.